The van der Waals surface area contributed by atoms with Gasteiger partial charge in [-0.15, -0.1) is 0 Å². The molecule has 2 N–H and O–H groups in total. The van der Waals surface area contributed by atoms with Crippen LogP contribution in [0.25, 0.3) is 0 Å². The van der Waals surface area contributed by atoms with Gasteiger partial charge in [-0.2, -0.15) is 0 Å². The van der Waals surface area contributed by atoms with Gasteiger partial charge in [0, 0.05) is 11.8 Å². The SMILES string of the molecule is CC12CCC(=O)C=C1CCC1C2C(O)CC2(C)C1CCC2(OC(=O)C1CCCC1)C(=O)CO. The average Bonchev–Trinajstić information content (AvgIpc) is 3.41. The van der Waals surface area contributed by atoms with Crippen LogP contribution < -0.4 is 0 Å². The molecule has 7 atom stereocenters. The molecule has 0 aliphatic heterocycles. The summed E-state index contributed by atoms with van der Waals surface area (Å²) in [6.07, 6.45) is 9.29. The first-order valence-corrected chi connectivity index (χ1v) is 13.0. The van der Waals surface area contributed by atoms with Crippen LogP contribution in [0.1, 0.15) is 84.5 Å². The first-order chi connectivity index (χ1) is 15.7. The van der Waals surface area contributed by atoms with Crippen molar-refractivity contribution in [3.05, 3.63) is 11.6 Å². The van der Waals surface area contributed by atoms with Crippen LogP contribution in [0.15, 0.2) is 11.6 Å². The number of carbonyl (C=O) groups excluding carboxylic acids is 3. The minimum atomic E-state index is -1.36. The normalized spacial score (nSPS) is 45.1. The predicted octanol–water partition coefficient (Wildman–Crippen LogP) is 3.52. The summed E-state index contributed by atoms with van der Waals surface area (Å²) in [5, 5.41) is 21.5. The number of fused-ring (bicyclic) bond motifs is 5. The van der Waals surface area contributed by atoms with Crippen LogP contribution in [0.3, 0.4) is 0 Å². The number of aliphatic hydroxyl groups is 2. The molecule has 5 aliphatic carbocycles. The lowest BCUT2D eigenvalue weighted by Crippen LogP contribution is -2.63. The van der Waals surface area contributed by atoms with Crippen molar-refractivity contribution in [3.63, 3.8) is 0 Å². The van der Waals surface area contributed by atoms with Crippen molar-refractivity contribution in [2.45, 2.75) is 96.2 Å². The molecule has 182 valence electrons. The van der Waals surface area contributed by atoms with Crippen molar-refractivity contribution in [1.29, 1.82) is 0 Å². The Morgan fingerprint density at radius 2 is 1.82 bits per heavy atom. The van der Waals surface area contributed by atoms with E-state index in [9.17, 15) is 24.6 Å². The molecule has 0 spiro atoms. The molecular formula is C27H38O6. The average molecular weight is 459 g/mol. The van der Waals surface area contributed by atoms with Gasteiger partial charge in [0.1, 0.15) is 6.61 Å². The summed E-state index contributed by atoms with van der Waals surface area (Å²) in [7, 11) is 0. The van der Waals surface area contributed by atoms with E-state index >= 15 is 0 Å². The number of rotatable bonds is 4. The Hall–Kier alpha value is -1.53. The second-order valence-electron chi connectivity index (χ2n) is 11.9. The zero-order chi connectivity index (χ0) is 23.6. The molecule has 6 heteroatoms. The van der Waals surface area contributed by atoms with Crippen LogP contribution in [0.5, 0.6) is 0 Å². The van der Waals surface area contributed by atoms with E-state index in [-0.39, 0.29) is 40.8 Å². The van der Waals surface area contributed by atoms with Gasteiger partial charge in [0.05, 0.1) is 12.0 Å². The maximum absolute atomic E-state index is 13.3. The first-order valence-electron chi connectivity index (χ1n) is 13.0. The Morgan fingerprint density at radius 3 is 2.52 bits per heavy atom. The predicted molar refractivity (Wildman–Crippen MR) is 121 cm³/mol. The first kappa shape index (κ1) is 23.2. The molecule has 0 heterocycles. The molecule has 0 aromatic carbocycles. The Balaban J connectivity index is 1.50. The number of hydrogen-bond acceptors (Lipinski definition) is 6. The van der Waals surface area contributed by atoms with E-state index < -0.39 is 29.5 Å². The Labute approximate surface area is 196 Å². The molecule has 5 rings (SSSR count). The van der Waals surface area contributed by atoms with Crippen LogP contribution in [0.2, 0.25) is 0 Å². The van der Waals surface area contributed by atoms with Crippen LogP contribution >= 0.6 is 0 Å². The molecule has 7 unspecified atom stereocenters. The number of ether oxygens (including phenoxy) is 1. The topological polar surface area (TPSA) is 101 Å². The number of allylic oxidation sites excluding steroid dienone is 1. The zero-order valence-electron chi connectivity index (χ0n) is 20.0. The molecule has 33 heavy (non-hydrogen) atoms. The molecule has 4 fully saturated rings. The van der Waals surface area contributed by atoms with Gasteiger partial charge in [-0.05, 0) is 80.6 Å². The van der Waals surface area contributed by atoms with Crippen molar-refractivity contribution >= 4 is 17.5 Å². The van der Waals surface area contributed by atoms with E-state index in [1.165, 1.54) is 5.57 Å². The minimum Gasteiger partial charge on any atom is -0.450 e. The van der Waals surface area contributed by atoms with Crippen molar-refractivity contribution in [1.82, 2.24) is 0 Å². The number of esters is 1. The number of Topliss-reactive ketones (excluding diaryl/α,β-unsaturated/α-hetero) is 1. The standard InChI is InChI=1S/C27H38O6/c1-25-11-9-18(29)13-17(25)7-8-19-20-10-12-27(22(31)15-28,26(20,2)14-21(30)23(19)25)33-24(32)16-5-3-4-6-16/h13,16,19-21,23,28,30H,3-12,14-15H2,1-2H3. The number of aliphatic hydroxyl groups excluding tert-OH is 2. The fourth-order valence-electron chi connectivity index (χ4n) is 8.90. The van der Waals surface area contributed by atoms with E-state index in [4.69, 9.17) is 4.74 Å². The molecule has 0 radical (unpaired) electrons. The highest BCUT2D eigenvalue weighted by atomic mass is 16.6. The lowest BCUT2D eigenvalue weighted by molar-refractivity contribution is -0.204. The van der Waals surface area contributed by atoms with Gasteiger partial charge < -0.3 is 14.9 Å². The molecule has 4 saturated carbocycles. The van der Waals surface area contributed by atoms with Crippen molar-refractivity contribution in [2.24, 2.45) is 34.5 Å². The van der Waals surface area contributed by atoms with E-state index in [2.05, 4.69) is 6.92 Å². The van der Waals surface area contributed by atoms with Crippen LogP contribution in [0.4, 0.5) is 0 Å². The Bertz CT molecular complexity index is 887. The van der Waals surface area contributed by atoms with Gasteiger partial charge in [0.25, 0.3) is 0 Å². The molecule has 0 amide bonds. The second-order valence-corrected chi connectivity index (χ2v) is 11.9. The quantitative estimate of drug-likeness (QED) is 0.625. The largest absolute Gasteiger partial charge is 0.450 e. The summed E-state index contributed by atoms with van der Waals surface area (Å²) in [6.45, 7) is 3.56. The maximum Gasteiger partial charge on any atom is 0.309 e. The second kappa shape index (κ2) is 8.01. The molecule has 6 nitrogen and oxygen atoms in total. The number of carbonyl (C=O) groups is 3. The van der Waals surface area contributed by atoms with Gasteiger partial charge in [-0.3, -0.25) is 14.4 Å². The monoisotopic (exact) mass is 458 g/mol. The van der Waals surface area contributed by atoms with Crippen LogP contribution in [-0.4, -0.2) is 46.1 Å². The fraction of sp³-hybridized carbons (Fsp3) is 0.815. The van der Waals surface area contributed by atoms with E-state index in [0.29, 0.717) is 19.3 Å². The van der Waals surface area contributed by atoms with Crippen LogP contribution in [-0.2, 0) is 19.1 Å². The summed E-state index contributed by atoms with van der Waals surface area (Å²) in [5.74, 6) is -0.341. The van der Waals surface area contributed by atoms with E-state index in [1.54, 1.807) is 0 Å². The molecule has 0 aromatic rings. The zero-order valence-corrected chi connectivity index (χ0v) is 20.0. The lowest BCUT2D eigenvalue weighted by Gasteiger charge is -2.60. The van der Waals surface area contributed by atoms with Crippen molar-refractivity contribution in [2.75, 3.05) is 6.61 Å². The molecule has 0 saturated heterocycles. The van der Waals surface area contributed by atoms with Crippen molar-refractivity contribution in [3.8, 4) is 0 Å². The van der Waals surface area contributed by atoms with Crippen molar-refractivity contribution < 1.29 is 29.3 Å². The summed E-state index contributed by atoms with van der Waals surface area (Å²) in [4.78, 5) is 38.5. The smallest absolute Gasteiger partial charge is 0.309 e. The fourth-order valence-corrected chi connectivity index (χ4v) is 8.90. The van der Waals surface area contributed by atoms with Gasteiger partial charge >= 0.3 is 5.97 Å². The van der Waals surface area contributed by atoms with E-state index in [0.717, 1.165) is 51.4 Å². The highest BCUT2D eigenvalue weighted by molar-refractivity contribution is 5.93. The van der Waals surface area contributed by atoms with Gasteiger partial charge in [0.15, 0.2) is 11.4 Å². The Morgan fingerprint density at radius 1 is 1.09 bits per heavy atom. The summed E-state index contributed by atoms with van der Waals surface area (Å²) < 4.78 is 6.17. The Kier molecular flexibility index (Phi) is 5.64. The molecule has 0 aromatic heterocycles. The highest BCUT2D eigenvalue weighted by Gasteiger charge is 2.70. The minimum absolute atomic E-state index is 0.0363. The third-order valence-electron chi connectivity index (χ3n) is 10.6. The number of ketones is 2. The van der Waals surface area contributed by atoms with Gasteiger partial charge in [0.2, 0.25) is 5.78 Å². The number of hydrogen-bond donors (Lipinski definition) is 2. The molecule has 0 bridgehead atoms. The summed E-state index contributed by atoms with van der Waals surface area (Å²) in [6, 6.07) is 0. The van der Waals surface area contributed by atoms with Gasteiger partial charge in [-0.25, -0.2) is 0 Å². The molecular weight excluding hydrogens is 420 g/mol. The summed E-state index contributed by atoms with van der Waals surface area (Å²) >= 11 is 0. The summed E-state index contributed by atoms with van der Waals surface area (Å²) in [5.41, 5.74) is -1.10. The third kappa shape index (κ3) is 3.23. The highest BCUT2D eigenvalue weighted by Crippen LogP contribution is 2.68. The molecule has 5 aliphatic rings. The lowest BCUT2D eigenvalue weighted by atomic mass is 9.45. The van der Waals surface area contributed by atoms with E-state index in [1.807, 2.05) is 13.0 Å². The van der Waals surface area contributed by atoms with Crippen LogP contribution in [0, 0.1) is 34.5 Å². The maximum atomic E-state index is 13.3. The third-order valence-corrected chi connectivity index (χ3v) is 10.6. The van der Waals surface area contributed by atoms with Gasteiger partial charge in [-0.1, -0.05) is 32.3 Å².